The summed E-state index contributed by atoms with van der Waals surface area (Å²) >= 11 is 0. The number of rotatable bonds is 6. The molecule has 0 radical (unpaired) electrons. The third-order valence-electron chi connectivity index (χ3n) is 2.10. The van der Waals surface area contributed by atoms with E-state index in [1.54, 1.807) is 12.1 Å². The van der Waals surface area contributed by atoms with Crippen LogP contribution in [0, 0.1) is 0 Å². The molecule has 0 fully saturated rings. The number of methoxy groups -OCH3 is 2. The summed E-state index contributed by atoms with van der Waals surface area (Å²) in [4.78, 5) is 11.0. The van der Waals surface area contributed by atoms with E-state index in [-0.39, 0.29) is 12.5 Å². The van der Waals surface area contributed by atoms with Crippen LogP contribution in [-0.2, 0) is 14.3 Å². The molecule has 0 aliphatic rings. The molecule has 94 valence electrons. The zero-order chi connectivity index (χ0) is 12.7. The van der Waals surface area contributed by atoms with Gasteiger partial charge in [0.05, 0.1) is 5.69 Å². The van der Waals surface area contributed by atoms with Gasteiger partial charge in [0.1, 0.15) is 12.4 Å². The minimum absolute atomic E-state index is 0.143. The Bertz CT molecular complexity index is 363. The van der Waals surface area contributed by atoms with E-state index in [1.165, 1.54) is 21.1 Å². The predicted octanol–water partition coefficient (Wildman–Crippen LogP) is 1.64. The molecule has 1 aromatic carbocycles. The van der Waals surface area contributed by atoms with Gasteiger partial charge in [-0.1, -0.05) is 12.1 Å². The van der Waals surface area contributed by atoms with Crippen molar-refractivity contribution in [1.29, 1.82) is 0 Å². The van der Waals surface area contributed by atoms with E-state index in [9.17, 15) is 4.79 Å². The van der Waals surface area contributed by atoms with Crippen LogP contribution in [0.25, 0.3) is 0 Å². The average molecular weight is 239 g/mol. The lowest BCUT2D eigenvalue weighted by Gasteiger charge is -2.16. The number of carbonyl (C=O) groups is 1. The van der Waals surface area contributed by atoms with Crippen molar-refractivity contribution < 1.29 is 19.0 Å². The van der Waals surface area contributed by atoms with Gasteiger partial charge >= 0.3 is 0 Å². The van der Waals surface area contributed by atoms with Crippen molar-refractivity contribution in [3.63, 3.8) is 0 Å². The number of hydrogen-bond donors (Lipinski definition) is 1. The van der Waals surface area contributed by atoms with Gasteiger partial charge in [-0.2, -0.15) is 0 Å². The number of anilines is 1. The number of ether oxygens (including phenoxy) is 3. The Balaban J connectivity index is 2.66. The van der Waals surface area contributed by atoms with E-state index in [0.29, 0.717) is 11.4 Å². The van der Waals surface area contributed by atoms with Gasteiger partial charge < -0.3 is 19.5 Å². The SMILES string of the molecule is COC(COc1ccccc1NC(C)=O)OC. The summed E-state index contributed by atoms with van der Waals surface area (Å²) < 4.78 is 15.5. The highest BCUT2D eigenvalue weighted by atomic mass is 16.7. The summed E-state index contributed by atoms with van der Waals surface area (Å²) in [5.74, 6) is 0.442. The van der Waals surface area contributed by atoms with Crippen LogP contribution in [0.15, 0.2) is 24.3 Å². The number of carbonyl (C=O) groups excluding carboxylic acids is 1. The first-order chi connectivity index (χ1) is 8.17. The summed E-state index contributed by atoms with van der Waals surface area (Å²) in [6.07, 6.45) is -0.430. The van der Waals surface area contributed by atoms with Gasteiger partial charge in [-0.15, -0.1) is 0 Å². The lowest BCUT2D eigenvalue weighted by Crippen LogP contribution is -2.22. The highest BCUT2D eigenvalue weighted by Crippen LogP contribution is 2.23. The Kier molecular flexibility index (Phi) is 5.45. The van der Waals surface area contributed by atoms with Crippen molar-refractivity contribution in [3.05, 3.63) is 24.3 Å². The molecule has 1 N–H and O–H groups in total. The summed E-state index contributed by atoms with van der Waals surface area (Å²) in [5, 5.41) is 2.69. The van der Waals surface area contributed by atoms with E-state index >= 15 is 0 Å². The van der Waals surface area contributed by atoms with Crippen LogP contribution in [0.5, 0.6) is 5.75 Å². The molecule has 0 unspecified atom stereocenters. The number of nitrogens with one attached hydrogen (secondary N) is 1. The van der Waals surface area contributed by atoms with Crippen molar-refractivity contribution in [2.45, 2.75) is 13.2 Å². The molecule has 0 aliphatic heterocycles. The normalized spacial score (nSPS) is 10.4. The summed E-state index contributed by atoms with van der Waals surface area (Å²) in [7, 11) is 3.08. The summed E-state index contributed by atoms with van der Waals surface area (Å²) in [5.41, 5.74) is 0.631. The maximum absolute atomic E-state index is 11.0. The Labute approximate surface area is 101 Å². The van der Waals surface area contributed by atoms with Crippen molar-refractivity contribution in [3.8, 4) is 5.75 Å². The second kappa shape index (κ2) is 6.88. The van der Waals surface area contributed by atoms with Gasteiger partial charge in [0.25, 0.3) is 0 Å². The summed E-state index contributed by atoms with van der Waals surface area (Å²) in [6.45, 7) is 1.70. The molecule has 1 aromatic rings. The van der Waals surface area contributed by atoms with Crippen LogP contribution in [0.4, 0.5) is 5.69 Å². The molecule has 1 rings (SSSR count). The van der Waals surface area contributed by atoms with Gasteiger partial charge in [-0.25, -0.2) is 0 Å². The maximum Gasteiger partial charge on any atom is 0.221 e. The Morgan fingerprint density at radius 2 is 1.94 bits per heavy atom. The lowest BCUT2D eigenvalue weighted by atomic mass is 10.3. The standard InChI is InChI=1S/C12H17NO4/c1-9(14)13-10-6-4-5-7-11(10)17-8-12(15-2)16-3/h4-7,12H,8H2,1-3H3,(H,13,14). The second-order valence-electron chi connectivity index (χ2n) is 3.39. The Morgan fingerprint density at radius 1 is 1.29 bits per heavy atom. The van der Waals surface area contributed by atoms with Gasteiger partial charge in [0, 0.05) is 21.1 Å². The van der Waals surface area contributed by atoms with Gasteiger partial charge in [-0.3, -0.25) is 4.79 Å². The van der Waals surface area contributed by atoms with Crippen LogP contribution >= 0.6 is 0 Å². The van der Waals surface area contributed by atoms with Crippen LogP contribution in [0.1, 0.15) is 6.92 Å². The minimum atomic E-state index is -0.430. The highest BCUT2D eigenvalue weighted by molar-refractivity contribution is 5.90. The van der Waals surface area contributed by atoms with Crippen LogP contribution < -0.4 is 10.1 Å². The van der Waals surface area contributed by atoms with Crippen molar-refractivity contribution >= 4 is 11.6 Å². The zero-order valence-corrected chi connectivity index (χ0v) is 10.2. The number of para-hydroxylation sites is 2. The minimum Gasteiger partial charge on any atom is -0.486 e. The van der Waals surface area contributed by atoms with Gasteiger partial charge in [0.15, 0.2) is 6.29 Å². The quantitative estimate of drug-likeness (QED) is 0.767. The molecule has 0 aliphatic carbocycles. The van der Waals surface area contributed by atoms with E-state index < -0.39 is 6.29 Å². The second-order valence-corrected chi connectivity index (χ2v) is 3.39. The highest BCUT2D eigenvalue weighted by Gasteiger charge is 2.09. The molecule has 17 heavy (non-hydrogen) atoms. The van der Waals surface area contributed by atoms with Crippen molar-refractivity contribution in [1.82, 2.24) is 0 Å². The molecule has 5 nitrogen and oxygen atoms in total. The van der Waals surface area contributed by atoms with Gasteiger partial charge in [-0.05, 0) is 12.1 Å². The number of hydrogen-bond acceptors (Lipinski definition) is 4. The predicted molar refractivity (Wildman–Crippen MR) is 64.0 cm³/mol. The molecule has 1 amide bonds. The largest absolute Gasteiger partial charge is 0.486 e. The molecule has 0 saturated carbocycles. The molecule has 0 atom stereocenters. The molecule has 0 saturated heterocycles. The van der Waals surface area contributed by atoms with E-state index in [2.05, 4.69) is 5.32 Å². The third kappa shape index (κ3) is 4.42. The van der Waals surface area contributed by atoms with Crippen LogP contribution in [0.3, 0.4) is 0 Å². The molecular weight excluding hydrogens is 222 g/mol. The number of amides is 1. The Hall–Kier alpha value is -1.59. The molecule has 0 heterocycles. The monoisotopic (exact) mass is 239 g/mol. The topological polar surface area (TPSA) is 56.8 Å². The smallest absolute Gasteiger partial charge is 0.221 e. The fourth-order valence-corrected chi connectivity index (χ4v) is 1.28. The average Bonchev–Trinajstić information content (AvgIpc) is 2.31. The summed E-state index contributed by atoms with van der Waals surface area (Å²) in [6, 6.07) is 7.19. The zero-order valence-electron chi connectivity index (χ0n) is 10.2. The Morgan fingerprint density at radius 3 is 2.53 bits per heavy atom. The van der Waals surface area contributed by atoms with Gasteiger partial charge in [0.2, 0.25) is 5.91 Å². The lowest BCUT2D eigenvalue weighted by molar-refractivity contribution is -0.121. The van der Waals surface area contributed by atoms with Crippen molar-refractivity contribution in [2.75, 3.05) is 26.1 Å². The first-order valence-electron chi connectivity index (χ1n) is 5.22. The molecule has 5 heteroatoms. The number of benzene rings is 1. The molecule has 0 bridgehead atoms. The van der Waals surface area contributed by atoms with Crippen molar-refractivity contribution in [2.24, 2.45) is 0 Å². The fraction of sp³-hybridized carbons (Fsp3) is 0.417. The van der Waals surface area contributed by atoms with Crippen LogP contribution in [0.2, 0.25) is 0 Å². The maximum atomic E-state index is 11.0. The molecule has 0 spiro atoms. The third-order valence-corrected chi connectivity index (χ3v) is 2.10. The molecular formula is C12H17NO4. The first kappa shape index (κ1) is 13.5. The fourth-order valence-electron chi connectivity index (χ4n) is 1.28. The van der Waals surface area contributed by atoms with E-state index in [1.807, 2.05) is 12.1 Å². The first-order valence-corrected chi connectivity index (χ1v) is 5.22. The van der Waals surface area contributed by atoms with E-state index in [4.69, 9.17) is 14.2 Å². The van der Waals surface area contributed by atoms with Crippen LogP contribution in [-0.4, -0.2) is 33.0 Å². The van der Waals surface area contributed by atoms with E-state index in [0.717, 1.165) is 0 Å². The molecule has 0 aromatic heterocycles.